The zero-order valence-electron chi connectivity index (χ0n) is 18.9. The molecule has 0 radical (unpaired) electrons. The summed E-state index contributed by atoms with van der Waals surface area (Å²) in [7, 11) is 0. The molecule has 2 aromatic heterocycles. The average Bonchev–Trinajstić information content (AvgIpc) is 3.30. The first kappa shape index (κ1) is 20.8. The summed E-state index contributed by atoms with van der Waals surface area (Å²) in [6.45, 7) is 2.91. The number of nitrogens with zero attached hydrogens (tertiary/aromatic N) is 4. The molecule has 2 N–H and O–H groups in total. The number of hydrogen-bond donors (Lipinski definition) is 1. The van der Waals surface area contributed by atoms with Gasteiger partial charge in [0.05, 0.1) is 11.6 Å². The van der Waals surface area contributed by atoms with E-state index >= 15 is 0 Å². The Balaban J connectivity index is 1.37. The van der Waals surface area contributed by atoms with Crippen molar-refractivity contribution in [3.63, 3.8) is 0 Å². The van der Waals surface area contributed by atoms with Crippen LogP contribution < -0.4 is 11.4 Å². The second-order valence-electron chi connectivity index (χ2n) is 9.07. The molecule has 2 fully saturated rings. The predicted molar refractivity (Wildman–Crippen MR) is 130 cm³/mol. The lowest BCUT2D eigenvalue weighted by Crippen LogP contribution is -2.31. The van der Waals surface area contributed by atoms with Gasteiger partial charge in [0, 0.05) is 37.8 Å². The Hall–Kier alpha value is -3.83. The van der Waals surface area contributed by atoms with Crippen molar-refractivity contribution in [1.29, 1.82) is 0 Å². The number of nitrogen functional groups attached to an aromatic ring is 1. The number of hydrogen-bond acceptors (Lipinski definition) is 5. The van der Waals surface area contributed by atoms with Gasteiger partial charge >= 0.3 is 5.69 Å². The topological polar surface area (TPSA) is 98.7 Å². The van der Waals surface area contributed by atoms with Crippen LogP contribution in [0.4, 0.5) is 5.82 Å². The van der Waals surface area contributed by atoms with Crippen LogP contribution in [0.1, 0.15) is 32.2 Å². The minimum absolute atomic E-state index is 0.159. The Kier molecular flexibility index (Phi) is 4.48. The van der Waals surface area contributed by atoms with Gasteiger partial charge in [0.15, 0.2) is 0 Å². The van der Waals surface area contributed by atoms with E-state index in [1.807, 2.05) is 43.4 Å². The average molecular weight is 456 g/mol. The van der Waals surface area contributed by atoms with Crippen molar-refractivity contribution in [2.24, 2.45) is 0 Å². The van der Waals surface area contributed by atoms with E-state index < -0.39 is 5.60 Å². The first-order valence-electron chi connectivity index (χ1n) is 11.6. The van der Waals surface area contributed by atoms with Gasteiger partial charge in [-0.1, -0.05) is 31.1 Å². The fraction of sp³-hybridized carbons (Fsp3) is 0.346. The van der Waals surface area contributed by atoms with Crippen LogP contribution in [0.25, 0.3) is 16.7 Å². The smallest absolute Gasteiger partial charge is 0.334 e. The maximum absolute atomic E-state index is 13.8. The lowest BCUT2D eigenvalue weighted by molar-refractivity contribution is -0.124. The molecular weight excluding hydrogens is 430 g/mol. The Bertz CT molecular complexity index is 1450. The summed E-state index contributed by atoms with van der Waals surface area (Å²) in [5, 5.41) is 0. The van der Waals surface area contributed by atoms with E-state index in [1.54, 1.807) is 20.2 Å². The van der Waals surface area contributed by atoms with Gasteiger partial charge in [-0.3, -0.25) is 13.9 Å². The van der Waals surface area contributed by atoms with E-state index in [2.05, 4.69) is 29.0 Å². The van der Waals surface area contributed by atoms with Gasteiger partial charge in [-0.25, -0.2) is 9.78 Å². The summed E-state index contributed by atoms with van der Waals surface area (Å²) in [6.07, 6.45) is 17.7. The number of carbonyl (C=O) groups excluding carboxylic acids is 1. The summed E-state index contributed by atoms with van der Waals surface area (Å²) >= 11 is 0. The van der Waals surface area contributed by atoms with Gasteiger partial charge in [-0.2, -0.15) is 0 Å². The maximum atomic E-state index is 13.8. The number of pyridine rings is 1. The Morgan fingerprint density at radius 2 is 2.15 bits per heavy atom. The number of ether oxygens (including phenoxy) is 1. The molecular formula is C26H25N5O3. The van der Waals surface area contributed by atoms with Crippen molar-refractivity contribution in [3.8, 4) is 11.8 Å². The molecule has 34 heavy (non-hydrogen) atoms. The normalized spacial score (nSPS) is 25.9. The zero-order valence-corrected chi connectivity index (χ0v) is 18.9. The molecule has 0 saturated carbocycles. The van der Waals surface area contributed by atoms with Crippen molar-refractivity contribution in [2.75, 3.05) is 18.8 Å². The molecule has 2 aliphatic heterocycles. The third kappa shape index (κ3) is 2.87. The van der Waals surface area contributed by atoms with Crippen LogP contribution in [-0.4, -0.2) is 49.2 Å². The second kappa shape index (κ2) is 7.34. The van der Waals surface area contributed by atoms with Crippen LogP contribution in [0.2, 0.25) is 0 Å². The Labute approximate surface area is 196 Å². The number of amides is 1. The summed E-state index contributed by atoms with van der Waals surface area (Å²) in [4.78, 5) is 32.1. The summed E-state index contributed by atoms with van der Waals surface area (Å²) in [5.74, 6) is 5.60. The number of epoxide rings is 1. The van der Waals surface area contributed by atoms with E-state index in [0.29, 0.717) is 49.2 Å². The van der Waals surface area contributed by atoms with Crippen molar-refractivity contribution in [2.45, 2.75) is 43.4 Å². The molecule has 2 aliphatic carbocycles. The largest absolute Gasteiger partial charge is 0.382 e. The molecule has 8 heteroatoms. The van der Waals surface area contributed by atoms with E-state index in [0.717, 1.165) is 5.70 Å². The number of likely N-dealkylation sites (tertiary alicyclic amines) is 1. The van der Waals surface area contributed by atoms with Crippen molar-refractivity contribution >= 4 is 28.5 Å². The fourth-order valence-corrected chi connectivity index (χ4v) is 5.38. The number of imidazole rings is 1. The quantitative estimate of drug-likeness (QED) is 0.554. The molecule has 4 aliphatic rings. The van der Waals surface area contributed by atoms with Crippen LogP contribution in [0, 0.1) is 11.8 Å². The van der Waals surface area contributed by atoms with E-state index in [1.165, 1.54) is 0 Å². The molecule has 2 spiro atoms. The fourth-order valence-electron chi connectivity index (χ4n) is 5.38. The summed E-state index contributed by atoms with van der Waals surface area (Å²) in [5.41, 5.74) is 7.37. The minimum atomic E-state index is -0.391. The van der Waals surface area contributed by atoms with Crippen molar-refractivity contribution in [3.05, 3.63) is 65.3 Å². The van der Waals surface area contributed by atoms with Gasteiger partial charge in [-0.15, -0.1) is 0 Å². The molecule has 6 rings (SSSR count). The second-order valence-corrected chi connectivity index (χ2v) is 9.07. The molecule has 1 unspecified atom stereocenters. The van der Waals surface area contributed by atoms with Crippen molar-refractivity contribution in [1.82, 2.24) is 19.0 Å². The number of aromatic nitrogens is 3. The number of carbonyl (C=O) groups is 1. The first-order chi connectivity index (χ1) is 16.5. The SMILES string of the molecule is CCC#CC(=O)N1CCC(n2c(=O)n(C3=CC[C@@]4(C=C3)OC43C=CC=C3)c3c(N)nccc32)C1. The Morgan fingerprint density at radius 3 is 2.88 bits per heavy atom. The molecule has 1 amide bonds. The first-order valence-corrected chi connectivity index (χ1v) is 11.6. The van der Waals surface area contributed by atoms with Gasteiger partial charge in [0.1, 0.15) is 22.5 Å². The van der Waals surface area contributed by atoms with Crippen molar-refractivity contribution < 1.29 is 9.53 Å². The summed E-state index contributed by atoms with van der Waals surface area (Å²) in [6, 6.07) is 1.65. The zero-order chi connectivity index (χ0) is 23.5. The number of allylic oxidation sites excluding steroid dienone is 4. The highest BCUT2D eigenvalue weighted by atomic mass is 16.6. The van der Waals surface area contributed by atoms with Gasteiger partial charge < -0.3 is 15.4 Å². The third-order valence-electron chi connectivity index (χ3n) is 7.17. The monoisotopic (exact) mass is 455 g/mol. The summed E-state index contributed by atoms with van der Waals surface area (Å²) < 4.78 is 9.48. The third-order valence-corrected chi connectivity index (χ3v) is 7.17. The predicted octanol–water partition coefficient (Wildman–Crippen LogP) is 2.40. The maximum Gasteiger partial charge on any atom is 0.334 e. The standard InChI is InChI=1S/C26H25N5O3/c1-2-3-6-21(32)29-16-10-19(17-29)30-20-9-15-28-23(27)22(20)31(24(30)33)18-7-13-26(14-8-18)25(34-26)11-4-5-12-25/h4-5,7-9,11-13,15,19H,2,10,14,16-17H2,1H3,(H2,27,28)/t19?,26-/m1/s1. The minimum Gasteiger partial charge on any atom is -0.382 e. The van der Waals surface area contributed by atoms with Gasteiger partial charge in [0.2, 0.25) is 0 Å². The number of fused-ring (bicyclic) bond motifs is 2. The number of nitrogens with two attached hydrogens (primary N) is 1. The highest BCUT2D eigenvalue weighted by molar-refractivity contribution is 5.94. The van der Waals surface area contributed by atoms with Gasteiger partial charge in [0.25, 0.3) is 5.91 Å². The van der Waals surface area contributed by atoms with E-state index in [-0.39, 0.29) is 23.2 Å². The van der Waals surface area contributed by atoms with Crippen LogP contribution in [-0.2, 0) is 9.53 Å². The highest BCUT2D eigenvalue weighted by Gasteiger charge is 2.66. The van der Waals surface area contributed by atoms with Gasteiger partial charge in [-0.05, 0) is 42.7 Å². The molecule has 0 bridgehead atoms. The number of rotatable bonds is 2. The van der Waals surface area contributed by atoms with Crippen LogP contribution >= 0.6 is 0 Å². The molecule has 2 saturated heterocycles. The lowest BCUT2D eigenvalue weighted by Gasteiger charge is -2.16. The Morgan fingerprint density at radius 1 is 1.32 bits per heavy atom. The highest BCUT2D eigenvalue weighted by Crippen LogP contribution is 2.57. The molecule has 2 atom stereocenters. The van der Waals surface area contributed by atoms with Crippen LogP contribution in [0.3, 0.4) is 0 Å². The molecule has 4 heterocycles. The van der Waals surface area contributed by atoms with E-state index in [4.69, 9.17) is 10.5 Å². The molecule has 2 aromatic rings. The van der Waals surface area contributed by atoms with Crippen LogP contribution in [0.5, 0.6) is 0 Å². The molecule has 8 nitrogen and oxygen atoms in total. The van der Waals surface area contributed by atoms with E-state index in [9.17, 15) is 9.59 Å². The molecule has 172 valence electrons. The molecule has 0 aromatic carbocycles. The number of anilines is 1. The lowest BCUT2D eigenvalue weighted by atomic mass is 9.87. The van der Waals surface area contributed by atoms with Crippen LogP contribution in [0.15, 0.2) is 59.6 Å².